The van der Waals surface area contributed by atoms with Gasteiger partial charge in [0, 0.05) is 25.4 Å². The Morgan fingerprint density at radius 3 is 2.80 bits per heavy atom. The molecule has 0 aliphatic carbocycles. The van der Waals surface area contributed by atoms with Gasteiger partial charge >= 0.3 is 0 Å². The molecule has 3 nitrogen and oxygen atoms in total. The van der Waals surface area contributed by atoms with Crippen molar-refractivity contribution >= 4 is 5.69 Å². The molecule has 0 amide bonds. The lowest BCUT2D eigenvalue weighted by atomic mass is 9.99. The molecule has 1 fully saturated rings. The topological polar surface area (TPSA) is 38.5 Å². The van der Waals surface area contributed by atoms with E-state index >= 15 is 0 Å². The molecule has 0 spiro atoms. The number of hydrogen-bond acceptors (Lipinski definition) is 3. The molecule has 1 aliphatic heterocycles. The van der Waals surface area contributed by atoms with Crippen LogP contribution in [0.25, 0.3) is 0 Å². The van der Waals surface area contributed by atoms with E-state index in [4.69, 9.17) is 10.5 Å². The maximum Gasteiger partial charge on any atom is 0.0750 e. The van der Waals surface area contributed by atoms with Crippen LogP contribution in [0.15, 0.2) is 18.2 Å². The van der Waals surface area contributed by atoms with Crippen LogP contribution in [-0.2, 0) is 11.2 Å². The fourth-order valence-corrected chi connectivity index (χ4v) is 3.06. The number of likely N-dealkylation sites (N-methyl/N-ethyl adjacent to an activating group) is 1. The fourth-order valence-electron chi connectivity index (χ4n) is 3.06. The molecule has 0 aromatic heterocycles. The summed E-state index contributed by atoms with van der Waals surface area (Å²) in [5, 5.41) is 0. The molecule has 112 valence electrons. The number of ether oxygens (including phenoxy) is 1. The Bertz CT molecular complexity index is 447. The lowest BCUT2D eigenvalue weighted by molar-refractivity contribution is 0.118. The quantitative estimate of drug-likeness (QED) is 0.898. The lowest BCUT2D eigenvalue weighted by Gasteiger charge is -2.31. The molecule has 1 aromatic carbocycles. The number of anilines is 1. The molecule has 0 bridgehead atoms. The van der Waals surface area contributed by atoms with Gasteiger partial charge in [0.25, 0.3) is 0 Å². The predicted molar refractivity (Wildman–Crippen MR) is 85.4 cm³/mol. The summed E-state index contributed by atoms with van der Waals surface area (Å²) < 4.78 is 5.71. The summed E-state index contributed by atoms with van der Waals surface area (Å²) >= 11 is 0. The van der Waals surface area contributed by atoms with Crippen LogP contribution in [0.1, 0.15) is 37.8 Å². The van der Waals surface area contributed by atoms with Crippen molar-refractivity contribution in [2.45, 2.75) is 58.2 Å². The van der Waals surface area contributed by atoms with Crippen LogP contribution >= 0.6 is 0 Å². The monoisotopic (exact) mass is 276 g/mol. The summed E-state index contributed by atoms with van der Waals surface area (Å²) in [5.41, 5.74) is 10.1. The Morgan fingerprint density at radius 1 is 1.45 bits per heavy atom. The van der Waals surface area contributed by atoms with Gasteiger partial charge in [0.05, 0.1) is 12.1 Å². The minimum Gasteiger partial charge on any atom is -0.376 e. The van der Waals surface area contributed by atoms with Gasteiger partial charge < -0.3 is 15.4 Å². The largest absolute Gasteiger partial charge is 0.376 e. The smallest absolute Gasteiger partial charge is 0.0750 e. The van der Waals surface area contributed by atoms with E-state index in [1.807, 2.05) is 0 Å². The summed E-state index contributed by atoms with van der Waals surface area (Å²) in [7, 11) is 2.18. The summed E-state index contributed by atoms with van der Waals surface area (Å²) in [5.74, 6) is 0. The van der Waals surface area contributed by atoms with E-state index in [-0.39, 0.29) is 6.04 Å². The van der Waals surface area contributed by atoms with E-state index in [2.05, 4.69) is 50.9 Å². The van der Waals surface area contributed by atoms with Crippen LogP contribution in [0.4, 0.5) is 5.69 Å². The highest BCUT2D eigenvalue weighted by atomic mass is 16.5. The normalized spacial score (nSPS) is 23.9. The minimum atomic E-state index is 0.237. The highest BCUT2D eigenvalue weighted by molar-refractivity contribution is 5.56. The first-order chi connectivity index (χ1) is 9.52. The summed E-state index contributed by atoms with van der Waals surface area (Å²) in [6, 6.07) is 7.41. The zero-order chi connectivity index (χ0) is 14.7. The number of hydrogen-bond donors (Lipinski definition) is 1. The van der Waals surface area contributed by atoms with Gasteiger partial charge in [-0.15, -0.1) is 0 Å². The van der Waals surface area contributed by atoms with E-state index in [9.17, 15) is 0 Å². The summed E-state index contributed by atoms with van der Waals surface area (Å²) in [6.45, 7) is 7.33. The van der Waals surface area contributed by atoms with E-state index in [0.29, 0.717) is 12.1 Å². The number of benzene rings is 1. The summed E-state index contributed by atoms with van der Waals surface area (Å²) in [4.78, 5) is 2.38. The number of nitrogens with zero attached hydrogens (tertiary/aromatic N) is 1. The highest BCUT2D eigenvalue weighted by Gasteiger charge is 2.29. The fraction of sp³-hybridized carbons (Fsp3) is 0.647. The van der Waals surface area contributed by atoms with Crippen molar-refractivity contribution < 1.29 is 4.74 Å². The SMILES string of the molecule is CCC(N)Cc1cc(C)ccc1N(C)C1CCOC1C. The van der Waals surface area contributed by atoms with Gasteiger partial charge in [-0.25, -0.2) is 0 Å². The molecule has 3 heteroatoms. The Kier molecular flexibility index (Phi) is 5.06. The molecular formula is C17H28N2O. The third-order valence-electron chi connectivity index (χ3n) is 4.46. The molecule has 2 rings (SSSR count). The van der Waals surface area contributed by atoms with Crippen LogP contribution in [0, 0.1) is 6.92 Å². The van der Waals surface area contributed by atoms with Gasteiger partial charge in [0.2, 0.25) is 0 Å². The maximum atomic E-state index is 6.16. The number of nitrogens with two attached hydrogens (primary N) is 1. The average Bonchev–Trinajstić information content (AvgIpc) is 2.84. The first-order valence-electron chi connectivity index (χ1n) is 7.72. The number of rotatable bonds is 5. The lowest BCUT2D eigenvalue weighted by Crippen LogP contribution is -2.37. The van der Waals surface area contributed by atoms with Crippen molar-refractivity contribution in [1.29, 1.82) is 0 Å². The number of aryl methyl sites for hydroxylation is 1. The average molecular weight is 276 g/mol. The molecule has 20 heavy (non-hydrogen) atoms. The van der Waals surface area contributed by atoms with Crippen molar-refractivity contribution in [1.82, 2.24) is 0 Å². The van der Waals surface area contributed by atoms with Gasteiger partial charge in [-0.1, -0.05) is 24.6 Å². The second-order valence-electron chi connectivity index (χ2n) is 6.05. The second kappa shape index (κ2) is 6.59. The van der Waals surface area contributed by atoms with Crippen molar-refractivity contribution in [3.05, 3.63) is 29.3 Å². The summed E-state index contributed by atoms with van der Waals surface area (Å²) in [6.07, 6.45) is 3.36. The molecule has 0 saturated carbocycles. The Balaban J connectivity index is 2.25. The zero-order valence-electron chi connectivity index (χ0n) is 13.2. The predicted octanol–water partition coefficient (Wildman–Crippen LogP) is 2.89. The Morgan fingerprint density at radius 2 is 2.20 bits per heavy atom. The van der Waals surface area contributed by atoms with Crippen LogP contribution in [0.5, 0.6) is 0 Å². The van der Waals surface area contributed by atoms with E-state index in [1.165, 1.54) is 16.8 Å². The molecule has 3 unspecified atom stereocenters. The van der Waals surface area contributed by atoms with E-state index in [0.717, 1.165) is 25.9 Å². The van der Waals surface area contributed by atoms with Gasteiger partial charge in [-0.2, -0.15) is 0 Å². The van der Waals surface area contributed by atoms with Gasteiger partial charge in [0.1, 0.15) is 0 Å². The first-order valence-corrected chi connectivity index (χ1v) is 7.72. The van der Waals surface area contributed by atoms with Crippen LogP contribution in [0.2, 0.25) is 0 Å². The standard InChI is InChI=1S/C17H28N2O/c1-5-15(18)11-14-10-12(2)6-7-17(14)19(4)16-8-9-20-13(16)3/h6-7,10,13,15-16H,5,8-9,11,18H2,1-4H3. The second-order valence-corrected chi connectivity index (χ2v) is 6.05. The van der Waals surface area contributed by atoms with Gasteiger partial charge in [0.15, 0.2) is 0 Å². The molecular weight excluding hydrogens is 248 g/mol. The van der Waals surface area contributed by atoms with Gasteiger partial charge in [-0.3, -0.25) is 0 Å². The van der Waals surface area contributed by atoms with Crippen LogP contribution in [0.3, 0.4) is 0 Å². The van der Waals surface area contributed by atoms with Crippen molar-refractivity contribution in [2.24, 2.45) is 5.73 Å². The zero-order valence-corrected chi connectivity index (χ0v) is 13.2. The van der Waals surface area contributed by atoms with E-state index < -0.39 is 0 Å². The van der Waals surface area contributed by atoms with Crippen LogP contribution < -0.4 is 10.6 Å². The molecule has 1 aliphatic rings. The van der Waals surface area contributed by atoms with Crippen molar-refractivity contribution in [2.75, 3.05) is 18.6 Å². The molecule has 0 radical (unpaired) electrons. The van der Waals surface area contributed by atoms with Crippen molar-refractivity contribution in [3.63, 3.8) is 0 Å². The van der Waals surface area contributed by atoms with E-state index in [1.54, 1.807) is 0 Å². The molecule has 3 atom stereocenters. The molecule has 1 aromatic rings. The Labute approximate surface area is 123 Å². The minimum absolute atomic E-state index is 0.237. The first kappa shape index (κ1) is 15.3. The van der Waals surface area contributed by atoms with Crippen LogP contribution in [-0.4, -0.2) is 31.8 Å². The van der Waals surface area contributed by atoms with Crippen molar-refractivity contribution in [3.8, 4) is 0 Å². The van der Waals surface area contributed by atoms with Gasteiger partial charge in [-0.05, 0) is 44.7 Å². The molecule has 1 heterocycles. The Hall–Kier alpha value is -1.06. The highest BCUT2D eigenvalue weighted by Crippen LogP contribution is 2.28. The molecule has 1 saturated heterocycles. The third-order valence-corrected chi connectivity index (χ3v) is 4.46. The maximum absolute atomic E-state index is 6.16. The third kappa shape index (κ3) is 3.33. The molecule has 2 N–H and O–H groups in total.